The summed E-state index contributed by atoms with van der Waals surface area (Å²) in [7, 11) is 0. The van der Waals surface area contributed by atoms with Crippen molar-refractivity contribution < 1.29 is 9.59 Å². The summed E-state index contributed by atoms with van der Waals surface area (Å²) in [5.74, 6) is -0.416. The van der Waals surface area contributed by atoms with Crippen molar-refractivity contribution in [3.05, 3.63) is 62.9 Å². The second-order valence-electron chi connectivity index (χ2n) is 8.24. The molecule has 0 aliphatic rings. The monoisotopic (exact) mass is 479 g/mol. The third kappa shape index (κ3) is 5.72. The largest absolute Gasteiger partial charge is 0.325 e. The molecule has 0 spiro atoms. The molecule has 34 heavy (non-hydrogen) atoms. The summed E-state index contributed by atoms with van der Waals surface area (Å²) >= 11 is 1.15. The van der Waals surface area contributed by atoms with Gasteiger partial charge >= 0.3 is 0 Å². The lowest BCUT2D eigenvalue weighted by atomic mass is 10.0. The van der Waals surface area contributed by atoms with Crippen molar-refractivity contribution in [1.29, 1.82) is 0 Å². The van der Waals surface area contributed by atoms with Crippen molar-refractivity contribution in [3.63, 3.8) is 0 Å². The first-order chi connectivity index (χ1) is 16.1. The maximum atomic E-state index is 12.9. The molecular weight excluding hydrogens is 450 g/mol. The van der Waals surface area contributed by atoms with Gasteiger partial charge in [0.15, 0.2) is 10.9 Å². The smallest absolute Gasteiger partial charge is 0.278 e. The number of H-pyrrole nitrogens is 1. The summed E-state index contributed by atoms with van der Waals surface area (Å²) in [5.41, 5.74) is 5.29. The highest BCUT2D eigenvalue weighted by molar-refractivity contribution is 8.00. The molecule has 1 aromatic heterocycles. The van der Waals surface area contributed by atoms with E-state index in [9.17, 15) is 14.4 Å². The molecule has 0 saturated heterocycles. The molecule has 3 N–H and O–H groups in total. The van der Waals surface area contributed by atoms with Crippen LogP contribution in [0.1, 0.15) is 42.5 Å². The summed E-state index contributed by atoms with van der Waals surface area (Å²) in [6, 6.07) is 9.46. The number of rotatable bonds is 7. The molecular formula is C25H29N5O3S. The molecule has 9 heteroatoms. The van der Waals surface area contributed by atoms with Gasteiger partial charge in [-0.25, -0.2) is 0 Å². The van der Waals surface area contributed by atoms with Crippen molar-refractivity contribution in [2.24, 2.45) is 0 Å². The number of thioether (sulfide) groups is 1. The molecule has 178 valence electrons. The van der Waals surface area contributed by atoms with Crippen LogP contribution < -0.4 is 16.2 Å². The zero-order valence-electron chi connectivity index (χ0n) is 20.2. The molecule has 0 unspecified atom stereocenters. The first-order valence-corrected chi connectivity index (χ1v) is 11.9. The van der Waals surface area contributed by atoms with E-state index in [0.717, 1.165) is 39.7 Å². The topological polar surface area (TPSA) is 117 Å². The first kappa shape index (κ1) is 25.2. The van der Waals surface area contributed by atoms with Crippen molar-refractivity contribution in [1.82, 2.24) is 15.2 Å². The van der Waals surface area contributed by atoms with Crippen LogP contribution in [0.4, 0.5) is 11.4 Å². The average Bonchev–Trinajstić information content (AvgIpc) is 2.77. The molecule has 0 aliphatic carbocycles. The molecule has 0 bridgehead atoms. The Hall–Kier alpha value is -3.46. The summed E-state index contributed by atoms with van der Waals surface area (Å²) in [6.07, 6.45) is 0.538. The standard InChI is InChI=1S/C25H29N5O3S/c1-7-20(23(32)27-19-10-8-9-14(3)16(19)5)34-25-28-24(33)22(29-30-25)18-12-13(2)11-15(4)21(18)26-17(6)31/h8-12,20H,7H2,1-6H3,(H,26,31)(H,27,32)(H,28,30,33)/t20-/m0/s1. The van der Waals surface area contributed by atoms with Crippen molar-refractivity contribution in [2.75, 3.05) is 10.6 Å². The fourth-order valence-corrected chi connectivity index (χ4v) is 4.45. The number of nitrogens with one attached hydrogen (secondary N) is 3. The summed E-state index contributed by atoms with van der Waals surface area (Å²) in [6.45, 7) is 11.0. The molecule has 0 aliphatic heterocycles. The van der Waals surface area contributed by atoms with Crippen LogP contribution in [0.25, 0.3) is 11.3 Å². The van der Waals surface area contributed by atoms with Gasteiger partial charge in [0.25, 0.3) is 5.56 Å². The van der Waals surface area contributed by atoms with E-state index in [2.05, 4.69) is 25.8 Å². The maximum Gasteiger partial charge on any atom is 0.278 e. The number of carbonyl (C=O) groups is 2. The maximum absolute atomic E-state index is 12.9. The van der Waals surface area contributed by atoms with E-state index in [1.807, 2.05) is 58.9 Å². The molecule has 8 nitrogen and oxygen atoms in total. The van der Waals surface area contributed by atoms with Gasteiger partial charge in [-0.15, -0.1) is 10.2 Å². The van der Waals surface area contributed by atoms with Crippen LogP contribution in [0.15, 0.2) is 40.3 Å². The predicted octanol–water partition coefficient (Wildman–Crippen LogP) is 4.53. The van der Waals surface area contributed by atoms with Crippen LogP contribution in [-0.2, 0) is 9.59 Å². The fraction of sp³-hybridized carbons (Fsp3) is 0.320. The second kappa shape index (κ2) is 10.6. The van der Waals surface area contributed by atoms with E-state index in [4.69, 9.17) is 0 Å². The van der Waals surface area contributed by atoms with E-state index in [1.54, 1.807) is 6.07 Å². The Balaban J connectivity index is 1.86. The zero-order valence-corrected chi connectivity index (χ0v) is 21.0. The van der Waals surface area contributed by atoms with Gasteiger partial charge < -0.3 is 10.6 Å². The van der Waals surface area contributed by atoms with Gasteiger partial charge in [0.2, 0.25) is 11.8 Å². The summed E-state index contributed by atoms with van der Waals surface area (Å²) in [4.78, 5) is 40.3. The molecule has 3 aromatic rings. The van der Waals surface area contributed by atoms with Gasteiger partial charge in [0.1, 0.15) is 0 Å². The third-order valence-corrected chi connectivity index (χ3v) is 6.73. The molecule has 0 radical (unpaired) electrons. The van der Waals surface area contributed by atoms with Crippen LogP contribution in [-0.4, -0.2) is 32.2 Å². The van der Waals surface area contributed by atoms with Crippen LogP contribution >= 0.6 is 11.8 Å². The Morgan fingerprint density at radius 1 is 1.06 bits per heavy atom. The number of anilines is 2. The minimum absolute atomic E-state index is 0.104. The Labute approximate surface area is 203 Å². The van der Waals surface area contributed by atoms with Gasteiger partial charge in [-0.3, -0.25) is 19.4 Å². The molecule has 2 amide bonds. The SMILES string of the molecule is CC[C@H](Sc1nnc(-c2cc(C)cc(C)c2NC(C)=O)c(=O)[nH]1)C(=O)Nc1cccc(C)c1C. The van der Waals surface area contributed by atoms with Crippen LogP contribution in [0.3, 0.4) is 0 Å². The highest BCUT2D eigenvalue weighted by atomic mass is 32.2. The minimum Gasteiger partial charge on any atom is -0.325 e. The molecule has 3 rings (SSSR count). The lowest BCUT2D eigenvalue weighted by molar-refractivity contribution is -0.116. The van der Waals surface area contributed by atoms with Crippen LogP contribution in [0.2, 0.25) is 0 Å². The van der Waals surface area contributed by atoms with E-state index >= 15 is 0 Å². The highest BCUT2D eigenvalue weighted by Crippen LogP contribution is 2.30. The van der Waals surface area contributed by atoms with Gasteiger partial charge in [-0.2, -0.15) is 0 Å². The van der Waals surface area contributed by atoms with Gasteiger partial charge in [-0.1, -0.05) is 42.4 Å². The minimum atomic E-state index is -0.466. The number of benzene rings is 2. The Bertz CT molecular complexity index is 1300. The molecule has 2 aromatic carbocycles. The quantitative estimate of drug-likeness (QED) is 0.429. The number of aromatic amines is 1. The number of aryl methyl sites for hydroxylation is 3. The number of carbonyl (C=O) groups excluding carboxylic acids is 2. The third-order valence-electron chi connectivity index (χ3n) is 5.49. The predicted molar refractivity (Wildman–Crippen MR) is 136 cm³/mol. The Morgan fingerprint density at radius 3 is 2.44 bits per heavy atom. The van der Waals surface area contributed by atoms with Crippen LogP contribution in [0, 0.1) is 27.7 Å². The number of hydrogen-bond donors (Lipinski definition) is 3. The summed E-state index contributed by atoms with van der Waals surface area (Å²) in [5, 5.41) is 13.9. The zero-order chi connectivity index (χ0) is 25.0. The number of amides is 2. The summed E-state index contributed by atoms with van der Waals surface area (Å²) < 4.78 is 0. The highest BCUT2D eigenvalue weighted by Gasteiger charge is 2.22. The van der Waals surface area contributed by atoms with E-state index in [1.165, 1.54) is 6.92 Å². The Kier molecular flexibility index (Phi) is 7.88. The van der Waals surface area contributed by atoms with E-state index < -0.39 is 10.8 Å². The number of aromatic nitrogens is 3. The van der Waals surface area contributed by atoms with Crippen molar-refractivity contribution in [3.8, 4) is 11.3 Å². The Morgan fingerprint density at radius 2 is 1.79 bits per heavy atom. The van der Waals surface area contributed by atoms with Gasteiger partial charge in [-0.05, 0) is 62.9 Å². The molecule has 1 atom stereocenters. The number of nitrogens with zero attached hydrogens (tertiary/aromatic N) is 2. The molecule has 1 heterocycles. The average molecular weight is 480 g/mol. The van der Waals surface area contributed by atoms with Crippen molar-refractivity contribution in [2.45, 2.75) is 58.4 Å². The van der Waals surface area contributed by atoms with Gasteiger partial charge in [0, 0.05) is 18.2 Å². The van der Waals surface area contributed by atoms with E-state index in [0.29, 0.717) is 17.7 Å². The van der Waals surface area contributed by atoms with Crippen LogP contribution in [0.5, 0.6) is 0 Å². The normalized spacial score (nSPS) is 11.7. The van der Waals surface area contributed by atoms with E-state index in [-0.39, 0.29) is 22.7 Å². The molecule has 0 saturated carbocycles. The number of hydrogen-bond acceptors (Lipinski definition) is 6. The van der Waals surface area contributed by atoms with Crippen molar-refractivity contribution >= 4 is 35.0 Å². The second-order valence-corrected chi connectivity index (χ2v) is 9.44. The lowest BCUT2D eigenvalue weighted by Gasteiger charge is -2.16. The lowest BCUT2D eigenvalue weighted by Crippen LogP contribution is -2.26. The first-order valence-electron chi connectivity index (χ1n) is 11.0. The fourth-order valence-electron chi connectivity index (χ4n) is 3.60. The molecule has 0 fully saturated rings. The van der Waals surface area contributed by atoms with Gasteiger partial charge in [0.05, 0.1) is 10.9 Å².